The number of nitrogens with two attached hydrogens (primary N) is 1. The molecule has 0 aliphatic carbocycles. The van der Waals surface area contributed by atoms with Gasteiger partial charge in [0.2, 0.25) is 0 Å². The van der Waals surface area contributed by atoms with Crippen LogP contribution in [0, 0.1) is 0 Å². The number of rotatable bonds is 3. The maximum Gasteiger partial charge on any atom is 0.00476 e. The van der Waals surface area contributed by atoms with Gasteiger partial charge in [-0.25, -0.2) is 0 Å². The molecule has 0 bridgehead atoms. The molecule has 66 valence electrons. The van der Waals surface area contributed by atoms with Crippen molar-refractivity contribution < 1.29 is 0 Å². The van der Waals surface area contributed by atoms with Gasteiger partial charge in [0, 0.05) is 11.3 Å². The van der Waals surface area contributed by atoms with Gasteiger partial charge in [-0.15, -0.1) is 0 Å². The molecule has 0 aromatic heterocycles. The highest BCUT2D eigenvalue weighted by atomic mass is 32.2. The third kappa shape index (κ3) is 4.02. The summed E-state index contributed by atoms with van der Waals surface area (Å²) in [5, 5.41) is 0.926. The summed E-state index contributed by atoms with van der Waals surface area (Å²) < 4.78 is 0. The molecular formula is C9H19NS. The molecule has 1 rings (SSSR count). The fourth-order valence-electron chi connectivity index (χ4n) is 1.48. The molecule has 11 heavy (non-hydrogen) atoms. The largest absolute Gasteiger partial charge is 0.328 e. The molecule has 2 N–H and O–H groups in total. The van der Waals surface area contributed by atoms with E-state index in [1.165, 1.54) is 37.9 Å². The van der Waals surface area contributed by atoms with Gasteiger partial charge >= 0.3 is 0 Å². The van der Waals surface area contributed by atoms with Crippen LogP contribution in [-0.4, -0.2) is 17.0 Å². The first-order chi connectivity index (χ1) is 5.29. The SMILES string of the molecule is CC(N)CCC1CCCCS1. The van der Waals surface area contributed by atoms with Crippen LogP contribution in [0.25, 0.3) is 0 Å². The molecule has 1 nitrogen and oxygen atoms in total. The fourth-order valence-corrected chi connectivity index (χ4v) is 2.82. The van der Waals surface area contributed by atoms with Crippen LogP contribution in [0.15, 0.2) is 0 Å². The summed E-state index contributed by atoms with van der Waals surface area (Å²) in [6.45, 7) is 2.10. The van der Waals surface area contributed by atoms with Gasteiger partial charge in [0.05, 0.1) is 0 Å². The zero-order valence-electron chi connectivity index (χ0n) is 7.38. The quantitative estimate of drug-likeness (QED) is 0.709. The molecule has 1 heterocycles. The zero-order chi connectivity index (χ0) is 8.10. The van der Waals surface area contributed by atoms with Crippen LogP contribution < -0.4 is 5.73 Å². The Hall–Kier alpha value is 0.310. The Morgan fingerprint density at radius 2 is 2.36 bits per heavy atom. The highest BCUT2D eigenvalue weighted by molar-refractivity contribution is 7.99. The van der Waals surface area contributed by atoms with Crippen molar-refractivity contribution in [3.05, 3.63) is 0 Å². The summed E-state index contributed by atoms with van der Waals surface area (Å²) in [4.78, 5) is 0. The van der Waals surface area contributed by atoms with Crippen molar-refractivity contribution in [3.63, 3.8) is 0 Å². The van der Waals surface area contributed by atoms with E-state index in [9.17, 15) is 0 Å². The first-order valence-electron chi connectivity index (χ1n) is 4.66. The minimum absolute atomic E-state index is 0.400. The van der Waals surface area contributed by atoms with Gasteiger partial charge in [0.15, 0.2) is 0 Å². The van der Waals surface area contributed by atoms with Crippen LogP contribution in [0.3, 0.4) is 0 Å². The molecule has 0 radical (unpaired) electrons. The van der Waals surface area contributed by atoms with Crippen LogP contribution in [0.5, 0.6) is 0 Å². The van der Waals surface area contributed by atoms with Crippen LogP contribution in [0.4, 0.5) is 0 Å². The number of thioether (sulfide) groups is 1. The van der Waals surface area contributed by atoms with E-state index in [4.69, 9.17) is 5.73 Å². The summed E-state index contributed by atoms with van der Waals surface area (Å²) in [5.74, 6) is 1.38. The fraction of sp³-hybridized carbons (Fsp3) is 1.00. The van der Waals surface area contributed by atoms with Gasteiger partial charge in [0.25, 0.3) is 0 Å². The highest BCUT2D eigenvalue weighted by Crippen LogP contribution is 2.28. The molecule has 0 aromatic rings. The first kappa shape index (κ1) is 9.40. The predicted octanol–water partition coefficient (Wildman–Crippen LogP) is 2.40. The Morgan fingerprint density at radius 3 is 2.91 bits per heavy atom. The summed E-state index contributed by atoms with van der Waals surface area (Å²) in [7, 11) is 0. The third-order valence-electron chi connectivity index (χ3n) is 2.22. The highest BCUT2D eigenvalue weighted by Gasteiger charge is 2.13. The Labute approximate surface area is 74.1 Å². The normalized spacial score (nSPS) is 28.4. The summed E-state index contributed by atoms with van der Waals surface area (Å²) in [5.41, 5.74) is 5.70. The Balaban J connectivity index is 2.05. The monoisotopic (exact) mass is 173 g/mol. The lowest BCUT2D eigenvalue weighted by Crippen LogP contribution is -2.18. The second kappa shape index (κ2) is 5.04. The zero-order valence-corrected chi connectivity index (χ0v) is 8.20. The van der Waals surface area contributed by atoms with Crippen molar-refractivity contribution in [2.45, 2.75) is 50.3 Å². The molecule has 1 aliphatic rings. The van der Waals surface area contributed by atoms with Crippen LogP contribution >= 0.6 is 11.8 Å². The average Bonchev–Trinajstić information content (AvgIpc) is 2.03. The third-order valence-corrected chi connectivity index (χ3v) is 3.69. The van der Waals surface area contributed by atoms with E-state index in [0.717, 1.165) is 5.25 Å². The first-order valence-corrected chi connectivity index (χ1v) is 5.71. The van der Waals surface area contributed by atoms with Gasteiger partial charge in [-0.05, 0) is 38.4 Å². The van der Waals surface area contributed by atoms with E-state index in [1.807, 2.05) is 0 Å². The van der Waals surface area contributed by atoms with Crippen molar-refractivity contribution >= 4 is 11.8 Å². The Morgan fingerprint density at radius 1 is 1.55 bits per heavy atom. The van der Waals surface area contributed by atoms with Gasteiger partial charge in [-0.3, -0.25) is 0 Å². The molecule has 2 atom stereocenters. The van der Waals surface area contributed by atoms with Crippen molar-refractivity contribution in [1.29, 1.82) is 0 Å². The maximum atomic E-state index is 5.70. The van der Waals surface area contributed by atoms with E-state index in [0.29, 0.717) is 6.04 Å². The lowest BCUT2D eigenvalue weighted by Gasteiger charge is -2.21. The summed E-state index contributed by atoms with van der Waals surface area (Å²) in [6.07, 6.45) is 6.84. The van der Waals surface area contributed by atoms with E-state index < -0.39 is 0 Å². The van der Waals surface area contributed by atoms with E-state index in [1.54, 1.807) is 0 Å². The lowest BCUT2D eigenvalue weighted by atomic mass is 10.1. The van der Waals surface area contributed by atoms with Gasteiger partial charge in [-0.1, -0.05) is 6.42 Å². The van der Waals surface area contributed by atoms with Crippen molar-refractivity contribution in [2.75, 3.05) is 5.75 Å². The number of hydrogen-bond donors (Lipinski definition) is 1. The van der Waals surface area contributed by atoms with Crippen LogP contribution in [-0.2, 0) is 0 Å². The van der Waals surface area contributed by atoms with Crippen LogP contribution in [0.2, 0.25) is 0 Å². The molecule has 1 aliphatic heterocycles. The molecule has 0 saturated carbocycles. The maximum absolute atomic E-state index is 5.70. The molecule has 0 amide bonds. The van der Waals surface area contributed by atoms with Crippen molar-refractivity contribution in [3.8, 4) is 0 Å². The molecule has 2 heteroatoms. The van der Waals surface area contributed by atoms with E-state index >= 15 is 0 Å². The van der Waals surface area contributed by atoms with Gasteiger partial charge in [-0.2, -0.15) is 11.8 Å². The predicted molar refractivity (Wildman–Crippen MR) is 53.0 cm³/mol. The van der Waals surface area contributed by atoms with Gasteiger partial charge < -0.3 is 5.73 Å². The topological polar surface area (TPSA) is 26.0 Å². The molecule has 1 fully saturated rings. The van der Waals surface area contributed by atoms with Crippen molar-refractivity contribution in [2.24, 2.45) is 5.73 Å². The number of hydrogen-bond acceptors (Lipinski definition) is 2. The van der Waals surface area contributed by atoms with Crippen LogP contribution in [0.1, 0.15) is 39.0 Å². The second-order valence-electron chi connectivity index (χ2n) is 3.54. The summed E-state index contributed by atoms with van der Waals surface area (Å²) >= 11 is 2.15. The van der Waals surface area contributed by atoms with Gasteiger partial charge in [0.1, 0.15) is 0 Å². The Kier molecular flexibility index (Phi) is 4.31. The smallest absolute Gasteiger partial charge is 0.00476 e. The molecule has 0 spiro atoms. The Bertz CT molecular complexity index is 97.7. The van der Waals surface area contributed by atoms with E-state index in [2.05, 4.69) is 18.7 Å². The molecule has 1 saturated heterocycles. The van der Waals surface area contributed by atoms with E-state index in [-0.39, 0.29) is 0 Å². The second-order valence-corrected chi connectivity index (χ2v) is 4.95. The molecule has 2 unspecified atom stereocenters. The lowest BCUT2D eigenvalue weighted by molar-refractivity contribution is 0.564. The summed E-state index contributed by atoms with van der Waals surface area (Å²) in [6, 6.07) is 0.400. The van der Waals surface area contributed by atoms with Crippen molar-refractivity contribution in [1.82, 2.24) is 0 Å². The molecular weight excluding hydrogens is 154 g/mol. The standard InChI is InChI=1S/C9H19NS/c1-8(10)5-6-9-4-2-3-7-11-9/h8-9H,2-7,10H2,1H3. The minimum atomic E-state index is 0.400. The molecule has 0 aromatic carbocycles. The minimum Gasteiger partial charge on any atom is -0.328 e. The average molecular weight is 173 g/mol.